The first kappa shape index (κ1) is 22.1. The zero-order valence-corrected chi connectivity index (χ0v) is 18.8. The number of nitrogens with zero attached hydrogens (tertiary/aromatic N) is 1. The van der Waals surface area contributed by atoms with E-state index in [4.69, 9.17) is 16.3 Å². The monoisotopic (exact) mass is 454 g/mol. The number of anilines is 1. The van der Waals surface area contributed by atoms with Gasteiger partial charge in [0.15, 0.2) is 0 Å². The summed E-state index contributed by atoms with van der Waals surface area (Å²) in [4.78, 5) is 13.7. The highest BCUT2D eigenvalue weighted by Gasteiger charge is 2.32. The van der Waals surface area contributed by atoms with Crippen molar-refractivity contribution in [3.63, 3.8) is 0 Å². The number of sulfonamides is 1. The summed E-state index contributed by atoms with van der Waals surface area (Å²) >= 11 is 7.66. The molecule has 1 heterocycles. The zero-order chi connectivity index (χ0) is 21.2. The van der Waals surface area contributed by atoms with Crippen molar-refractivity contribution in [1.82, 2.24) is 4.31 Å². The molecule has 2 aromatic rings. The second-order valence-electron chi connectivity index (χ2n) is 6.90. The Kier molecular flexibility index (Phi) is 6.90. The van der Waals surface area contributed by atoms with E-state index in [-0.39, 0.29) is 23.0 Å². The van der Waals surface area contributed by atoms with E-state index >= 15 is 0 Å². The second kappa shape index (κ2) is 9.06. The molecule has 1 saturated heterocycles. The highest BCUT2D eigenvalue weighted by Crippen LogP contribution is 2.25. The van der Waals surface area contributed by atoms with Crippen LogP contribution < -0.4 is 5.32 Å². The number of nitrogens with one attached hydrogen (secondary N) is 1. The average molecular weight is 455 g/mol. The number of thioether (sulfide) groups is 1. The Morgan fingerprint density at radius 3 is 2.34 bits per heavy atom. The van der Waals surface area contributed by atoms with Gasteiger partial charge in [0.05, 0.1) is 27.7 Å². The Hall–Kier alpha value is -1.58. The molecule has 1 N–H and O–H groups in total. The summed E-state index contributed by atoms with van der Waals surface area (Å²) in [5, 5.41) is 3.12. The van der Waals surface area contributed by atoms with Gasteiger partial charge >= 0.3 is 0 Å². The molecule has 1 amide bonds. The largest absolute Gasteiger partial charge is 0.373 e. The molecule has 1 fully saturated rings. The summed E-state index contributed by atoms with van der Waals surface area (Å²) in [6, 6.07) is 11.4. The summed E-state index contributed by atoms with van der Waals surface area (Å²) in [5.41, 5.74) is 0.856. The van der Waals surface area contributed by atoms with E-state index < -0.39 is 10.0 Å². The van der Waals surface area contributed by atoms with Crippen LogP contribution in [0.4, 0.5) is 5.69 Å². The van der Waals surface area contributed by atoms with Crippen LogP contribution >= 0.6 is 23.4 Å². The lowest BCUT2D eigenvalue weighted by atomic mass is 10.2. The maximum atomic E-state index is 12.9. The van der Waals surface area contributed by atoms with Crippen molar-refractivity contribution in [1.29, 1.82) is 0 Å². The maximum Gasteiger partial charge on any atom is 0.257 e. The zero-order valence-electron chi connectivity index (χ0n) is 16.4. The lowest BCUT2D eigenvalue weighted by Gasteiger charge is -2.34. The number of rotatable bonds is 5. The molecule has 0 radical (unpaired) electrons. The maximum absolute atomic E-state index is 12.9. The van der Waals surface area contributed by atoms with Crippen LogP contribution in [0.15, 0.2) is 52.3 Å². The number of halogens is 1. The fraction of sp³-hybridized carbons (Fsp3) is 0.350. The van der Waals surface area contributed by atoms with E-state index in [1.54, 1.807) is 24.3 Å². The quantitative estimate of drug-likeness (QED) is 0.688. The van der Waals surface area contributed by atoms with Crippen molar-refractivity contribution < 1.29 is 17.9 Å². The Morgan fingerprint density at radius 2 is 1.76 bits per heavy atom. The topological polar surface area (TPSA) is 75.7 Å². The molecule has 156 valence electrons. The van der Waals surface area contributed by atoms with E-state index in [1.807, 2.05) is 26.2 Å². The van der Waals surface area contributed by atoms with Gasteiger partial charge in [-0.15, -0.1) is 11.8 Å². The van der Waals surface area contributed by atoms with Crippen molar-refractivity contribution in [2.75, 3.05) is 24.7 Å². The van der Waals surface area contributed by atoms with Crippen LogP contribution in [0.3, 0.4) is 0 Å². The Morgan fingerprint density at radius 1 is 1.14 bits per heavy atom. The average Bonchev–Trinajstić information content (AvgIpc) is 2.68. The molecule has 0 aliphatic carbocycles. The number of hydrogen-bond acceptors (Lipinski definition) is 5. The molecule has 6 nitrogen and oxygen atoms in total. The van der Waals surface area contributed by atoms with Gasteiger partial charge in [0, 0.05) is 23.7 Å². The van der Waals surface area contributed by atoms with Crippen molar-refractivity contribution in [3.05, 3.63) is 53.1 Å². The smallest absolute Gasteiger partial charge is 0.257 e. The molecule has 29 heavy (non-hydrogen) atoms. The summed E-state index contributed by atoms with van der Waals surface area (Å²) < 4.78 is 32.9. The van der Waals surface area contributed by atoms with Gasteiger partial charge in [-0.25, -0.2) is 8.42 Å². The number of carbonyl (C=O) groups excluding carboxylic acids is 1. The third-order valence-electron chi connectivity index (χ3n) is 4.55. The molecule has 2 unspecified atom stereocenters. The van der Waals surface area contributed by atoms with Gasteiger partial charge in [0.25, 0.3) is 5.91 Å². The van der Waals surface area contributed by atoms with E-state index in [9.17, 15) is 13.2 Å². The third kappa shape index (κ3) is 5.13. The molecule has 2 aromatic carbocycles. The van der Waals surface area contributed by atoms with Crippen LogP contribution in [0, 0.1) is 0 Å². The molecule has 0 spiro atoms. The van der Waals surface area contributed by atoms with Crippen LogP contribution in [0.5, 0.6) is 0 Å². The van der Waals surface area contributed by atoms with Crippen LogP contribution in [0.1, 0.15) is 24.2 Å². The first-order valence-corrected chi connectivity index (χ1v) is 12.2. The van der Waals surface area contributed by atoms with E-state index in [0.29, 0.717) is 29.4 Å². The van der Waals surface area contributed by atoms with Crippen molar-refractivity contribution in [2.45, 2.75) is 35.8 Å². The highest BCUT2D eigenvalue weighted by atomic mass is 35.5. The number of amides is 1. The van der Waals surface area contributed by atoms with Gasteiger partial charge in [-0.2, -0.15) is 4.31 Å². The number of ether oxygens (including phenoxy) is 1. The standard InChI is InChI=1S/C20H23ClN2O4S2/c1-13-11-23(12-14(2)27-13)29(25,26)17-7-4-15(5-8-17)22-20(24)18-10-16(28-3)6-9-19(18)21/h4-10,13-14H,11-12H2,1-3H3,(H,22,24). The van der Waals surface area contributed by atoms with Gasteiger partial charge < -0.3 is 10.1 Å². The van der Waals surface area contributed by atoms with Crippen molar-refractivity contribution >= 4 is 45.0 Å². The predicted molar refractivity (Wildman–Crippen MR) is 116 cm³/mol. The minimum absolute atomic E-state index is 0.158. The Labute approximate surface area is 180 Å². The summed E-state index contributed by atoms with van der Waals surface area (Å²) in [6.07, 6.45) is 1.60. The molecule has 2 atom stereocenters. The second-order valence-corrected chi connectivity index (χ2v) is 10.1. The molecular weight excluding hydrogens is 432 g/mol. The number of morpholine rings is 1. The van der Waals surface area contributed by atoms with Crippen LogP contribution in [-0.4, -0.2) is 50.2 Å². The lowest BCUT2D eigenvalue weighted by molar-refractivity contribution is -0.0440. The lowest BCUT2D eigenvalue weighted by Crippen LogP contribution is -2.48. The first-order valence-electron chi connectivity index (χ1n) is 9.11. The predicted octanol–water partition coefficient (Wildman–Crippen LogP) is 4.11. The number of benzene rings is 2. The van der Waals surface area contributed by atoms with Gasteiger partial charge in [-0.1, -0.05) is 11.6 Å². The minimum atomic E-state index is -3.62. The molecular formula is C20H23ClN2O4S2. The third-order valence-corrected chi connectivity index (χ3v) is 7.46. The number of hydrogen-bond donors (Lipinski definition) is 1. The van der Waals surface area contributed by atoms with Gasteiger partial charge in [0.2, 0.25) is 10.0 Å². The van der Waals surface area contributed by atoms with Crippen LogP contribution in [-0.2, 0) is 14.8 Å². The SMILES string of the molecule is CSc1ccc(Cl)c(C(=O)Nc2ccc(S(=O)(=O)N3CC(C)OC(C)C3)cc2)c1. The highest BCUT2D eigenvalue weighted by molar-refractivity contribution is 7.98. The fourth-order valence-electron chi connectivity index (χ4n) is 3.19. The Balaban J connectivity index is 1.76. The fourth-order valence-corrected chi connectivity index (χ4v) is 5.42. The molecule has 0 bridgehead atoms. The van der Waals surface area contributed by atoms with Crippen molar-refractivity contribution in [2.24, 2.45) is 0 Å². The number of carbonyl (C=O) groups is 1. The molecule has 0 aromatic heterocycles. The van der Waals surface area contributed by atoms with Crippen LogP contribution in [0.25, 0.3) is 0 Å². The Bertz CT molecular complexity index is 986. The van der Waals surface area contributed by atoms with Gasteiger partial charge in [-0.3, -0.25) is 4.79 Å². The van der Waals surface area contributed by atoms with Crippen LogP contribution in [0.2, 0.25) is 5.02 Å². The molecule has 3 rings (SSSR count). The molecule has 9 heteroatoms. The van der Waals surface area contributed by atoms with E-state index in [0.717, 1.165) is 4.90 Å². The van der Waals surface area contributed by atoms with Gasteiger partial charge in [0.1, 0.15) is 0 Å². The van der Waals surface area contributed by atoms with E-state index in [2.05, 4.69) is 5.32 Å². The van der Waals surface area contributed by atoms with Gasteiger partial charge in [-0.05, 0) is 62.6 Å². The molecule has 0 saturated carbocycles. The summed E-state index contributed by atoms with van der Waals surface area (Å²) in [6.45, 7) is 4.34. The summed E-state index contributed by atoms with van der Waals surface area (Å²) in [5.74, 6) is -0.350. The van der Waals surface area contributed by atoms with E-state index in [1.165, 1.54) is 28.2 Å². The normalized spacial score (nSPS) is 20.4. The minimum Gasteiger partial charge on any atom is -0.373 e. The molecule has 1 aliphatic heterocycles. The summed E-state index contributed by atoms with van der Waals surface area (Å²) in [7, 11) is -3.62. The van der Waals surface area contributed by atoms with Crippen molar-refractivity contribution in [3.8, 4) is 0 Å². The molecule has 1 aliphatic rings. The first-order chi connectivity index (χ1) is 13.7.